The van der Waals surface area contributed by atoms with E-state index in [4.69, 9.17) is 4.74 Å². The largest absolute Gasteiger partial charge is 0.381 e. The van der Waals surface area contributed by atoms with Crippen LogP contribution in [0.4, 0.5) is 0 Å². The molecule has 11 heavy (non-hydrogen) atoms. The van der Waals surface area contributed by atoms with Gasteiger partial charge in [-0.15, -0.1) is 0 Å². The minimum Gasteiger partial charge on any atom is -0.381 e. The molecule has 0 aliphatic heterocycles. The molecule has 0 heterocycles. The van der Waals surface area contributed by atoms with E-state index >= 15 is 0 Å². The predicted octanol–water partition coefficient (Wildman–Crippen LogP) is 3.21. The molecule has 0 unspecified atom stereocenters. The molecule has 0 aromatic heterocycles. The van der Waals surface area contributed by atoms with Gasteiger partial charge in [0.25, 0.3) is 0 Å². The summed E-state index contributed by atoms with van der Waals surface area (Å²) in [6.07, 6.45) is 2.27. The molecular weight excluding hydrogens is 272 g/mol. The molecule has 0 radical (unpaired) electrons. The molecule has 0 saturated heterocycles. The van der Waals surface area contributed by atoms with Crippen molar-refractivity contribution in [1.82, 2.24) is 0 Å². The first-order chi connectivity index (χ1) is 5.35. The minimum absolute atomic E-state index is 0.715. The summed E-state index contributed by atoms with van der Waals surface area (Å²) in [7, 11) is 0. The highest BCUT2D eigenvalue weighted by Crippen LogP contribution is 2.10. The zero-order chi connectivity index (χ0) is 8.53. The SMILES string of the molecule is CCCOCCC(CBr)CBr. The Bertz CT molecular complexity index is 74.5. The number of ether oxygens (including phenoxy) is 1. The summed E-state index contributed by atoms with van der Waals surface area (Å²) in [6, 6.07) is 0. The number of rotatable bonds is 7. The van der Waals surface area contributed by atoms with Crippen LogP contribution >= 0.6 is 31.9 Å². The Morgan fingerprint density at radius 3 is 2.27 bits per heavy atom. The van der Waals surface area contributed by atoms with Crippen molar-refractivity contribution in [3.8, 4) is 0 Å². The third-order valence-corrected chi connectivity index (χ3v) is 3.29. The monoisotopic (exact) mass is 286 g/mol. The van der Waals surface area contributed by atoms with E-state index in [9.17, 15) is 0 Å². The maximum absolute atomic E-state index is 5.38. The molecule has 68 valence electrons. The van der Waals surface area contributed by atoms with Gasteiger partial charge in [0.05, 0.1) is 0 Å². The van der Waals surface area contributed by atoms with Crippen LogP contribution in [0.3, 0.4) is 0 Å². The molecule has 0 aromatic rings. The van der Waals surface area contributed by atoms with Crippen LogP contribution in [0.5, 0.6) is 0 Å². The first-order valence-corrected chi connectivity index (χ1v) is 6.29. The van der Waals surface area contributed by atoms with E-state index in [1.807, 2.05) is 0 Å². The molecule has 0 bridgehead atoms. The second kappa shape index (κ2) is 9.01. The first kappa shape index (κ1) is 11.9. The second-order valence-corrected chi connectivity index (χ2v) is 3.87. The number of halogens is 2. The van der Waals surface area contributed by atoms with Crippen molar-refractivity contribution >= 4 is 31.9 Å². The third-order valence-electron chi connectivity index (χ3n) is 1.46. The maximum Gasteiger partial charge on any atom is 0.0469 e. The summed E-state index contributed by atoms with van der Waals surface area (Å²) in [6.45, 7) is 3.93. The molecule has 0 aliphatic carbocycles. The summed E-state index contributed by atoms with van der Waals surface area (Å²) >= 11 is 6.92. The van der Waals surface area contributed by atoms with Crippen molar-refractivity contribution in [2.24, 2.45) is 5.92 Å². The lowest BCUT2D eigenvalue weighted by molar-refractivity contribution is 0.125. The van der Waals surface area contributed by atoms with Gasteiger partial charge in [0.15, 0.2) is 0 Å². The van der Waals surface area contributed by atoms with Crippen molar-refractivity contribution in [3.63, 3.8) is 0 Å². The molecule has 0 atom stereocenters. The summed E-state index contributed by atoms with van der Waals surface area (Å²) in [5.74, 6) is 0.715. The molecule has 0 N–H and O–H groups in total. The van der Waals surface area contributed by atoms with E-state index in [1.54, 1.807) is 0 Å². The Morgan fingerprint density at radius 1 is 1.18 bits per heavy atom. The van der Waals surface area contributed by atoms with Crippen LogP contribution in [0.25, 0.3) is 0 Å². The van der Waals surface area contributed by atoms with E-state index in [2.05, 4.69) is 38.8 Å². The van der Waals surface area contributed by atoms with Crippen LogP contribution in [-0.4, -0.2) is 23.9 Å². The van der Waals surface area contributed by atoms with E-state index in [0.717, 1.165) is 36.7 Å². The fraction of sp³-hybridized carbons (Fsp3) is 1.00. The van der Waals surface area contributed by atoms with E-state index < -0.39 is 0 Å². The van der Waals surface area contributed by atoms with Gasteiger partial charge in [0.2, 0.25) is 0 Å². The summed E-state index contributed by atoms with van der Waals surface area (Å²) in [5, 5.41) is 2.13. The Morgan fingerprint density at radius 2 is 1.82 bits per heavy atom. The van der Waals surface area contributed by atoms with E-state index in [1.165, 1.54) is 0 Å². The topological polar surface area (TPSA) is 9.23 Å². The average molecular weight is 288 g/mol. The standard InChI is InChI=1S/C8H16Br2O/c1-2-4-11-5-3-8(6-9)7-10/h8H,2-7H2,1H3. The minimum atomic E-state index is 0.715. The van der Waals surface area contributed by atoms with Gasteiger partial charge in [0.1, 0.15) is 0 Å². The van der Waals surface area contributed by atoms with Crippen molar-refractivity contribution < 1.29 is 4.74 Å². The molecule has 0 rings (SSSR count). The molecule has 0 spiro atoms. The van der Waals surface area contributed by atoms with Gasteiger partial charge >= 0.3 is 0 Å². The van der Waals surface area contributed by atoms with Gasteiger partial charge in [-0.3, -0.25) is 0 Å². The molecule has 0 amide bonds. The van der Waals surface area contributed by atoms with Gasteiger partial charge in [-0.25, -0.2) is 0 Å². The first-order valence-electron chi connectivity index (χ1n) is 4.04. The second-order valence-electron chi connectivity index (χ2n) is 2.58. The number of hydrogen-bond donors (Lipinski definition) is 0. The van der Waals surface area contributed by atoms with Crippen LogP contribution in [0.2, 0.25) is 0 Å². The molecule has 1 nitrogen and oxygen atoms in total. The van der Waals surface area contributed by atoms with Crippen LogP contribution in [0.1, 0.15) is 19.8 Å². The fourth-order valence-corrected chi connectivity index (χ4v) is 2.41. The Kier molecular flexibility index (Phi) is 9.77. The highest BCUT2D eigenvalue weighted by Gasteiger charge is 2.03. The highest BCUT2D eigenvalue weighted by atomic mass is 79.9. The van der Waals surface area contributed by atoms with Gasteiger partial charge in [-0.1, -0.05) is 38.8 Å². The van der Waals surface area contributed by atoms with Crippen molar-refractivity contribution in [2.75, 3.05) is 23.9 Å². The molecular formula is C8H16Br2O. The van der Waals surface area contributed by atoms with Crippen LogP contribution in [-0.2, 0) is 4.74 Å². The zero-order valence-corrected chi connectivity index (χ0v) is 10.2. The fourth-order valence-electron chi connectivity index (χ4n) is 0.692. The average Bonchev–Trinajstić information content (AvgIpc) is 2.05. The lowest BCUT2D eigenvalue weighted by Crippen LogP contribution is -2.08. The quantitative estimate of drug-likeness (QED) is 0.516. The predicted molar refractivity (Wildman–Crippen MR) is 56.8 cm³/mol. The molecule has 0 aromatic carbocycles. The summed E-state index contributed by atoms with van der Waals surface area (Å²) in [5.41, 5.74) is 0. The Balaban J connectivity index is 3.07. The van der Waals surface area contributed by atoms with Gasteiger partial charge in [-0.05, 0) is 18.8 Å². The van der Waals surface area contributed by atoms with Crippen molar-refractivity contribution in [1.29, 1.82) is 0 Å². The van der Waals surface area contributed by atoms with Crippen LogP contribution in [0.15, 0.2) is 0 Å². The van der Waals surface area contributed by atoms with Crippen LogP contribution in [0, 0.1) is 5.92 Å². The highest BCUT2D eigenvalue weighted by molar-refractivity contribution is 9.09. The summed E-state index contributed by atoms with van der Waals surface area (Å²) in [4.78, 5) is 0. The maximum atomic E-state index is 5.38. The Hall–Kier alpha value is 0.920. The van der Waals surface area contributed by atoms with Crippen LogP contribution < -0.4 is 0 Å². The number of alkyl halides is 2. The lowest BCUT2D eigenvalue weighted by atomic mass is 10.1. The molecule has 3 heteroatoms. The van der Waals surface area contributed by atoms with Gasteiger partial charge < -0.3 is 4.74 Å². The normalized spacial score (nSPS) is 10.9. The zero-order valence-electron chi connectivity index (χ0n) is 6.98. The van der Waals surface area contributed by atoms with Gasteiger partial charge in [-0.2, -0.15) is 0 Å². The molecule has 0 aliphatic rings. The lowest BCUT2D eigenvalue weighted by Gasteiger charge is -2.09. The van der Waals surface area contributed by atoms with Crippen molar-refractivity contribution in [3.05, 3.63) is 0 Å². The van der Waals surface area contributed by atoms with E-state index in [-0.39, 0.29) is 0 Å². The summed E-state index contributed by atoms with van der Waals surface area (Å²) < 4.78 is 5.38. The smallest absolute Gasteiger partial charge is 0.0469 e. The van der Waals surface area contributed by atoms with E-state index in [0.29, 0.717) is 5.92 Å². The van der Waals surface area contributed by atoms with Crippen molar-refractivity contribution in [2.45, 2.75) is 19.8 Å². The molecule has 0 fully saturated rings. The molecule has 0 saturated carbocycles. The third kappa shape index (κ3) is 7.29. The number of hydrogen-bond acceptors (Lipinski definition) is 1. The Labute approximate surface area is 86.1 Å². The van der Waals surface area contributed by atoms with Gasteiger partial charge in [0, 0.05) is 23.9 Å².